The summed E-state index contributed by atoms with van der Waals surface area (Å²) >= 11 is 0. The molecule has 1 N–H and O–H groups in total. The number of carbonyl (C=O) groups is 1. The second-order valence-corrected chi connectivity index (χ2v) is 8.35. The van der Waals surface area contributed by atoms with Gasteiger partial charge in [0.05, 0.1) is 12.2 Å². The molecule has 5 rings (SSSR count). The van der Waals surface area contributed by atoms with Crippen molar-refractivity contribution in [2.45, 2.75) is 37.9 Å². The van der Waals surface area contributed by atoms with E-state index in [-0.39, 0.29) is 23.3 Å². The minimum Gasteiger partial charge on any atom is -0.494 e. The number of benzene rings is 2. The van der Waals surface area contributed by atoms with Crippen LogP contribution in [0.4, 0.5) is 23.7 Å². The third kappa shape index (κ3) is 3.20. The lowest BCUT2D eigenvalue weighted by molar-refractivity contribution is -0.137. The molecule has 3 aliphatic rings. The van der Waals surface area contributed by atoms with Gasteiger partial charge in [0.25, 0.3) is 0 Å². The lowest BCUT2D eigenvalue weighted by Gasteiger charge is -2.37. The molecule has 2 aromatic carbocycles. The smallest absolute Gasteiger partial charge is 0.417 e. The van der Waals surface area contributed by atoms with Crippen molar-refractivity contribution in [1.29, 1.82) is 0 Å². The number of anilines is 1. The van der Waals surface area contributed by atoms with E-state index in [9.17, 15) is 23.1 Å². The summed E-state index contributed by atoms with van der Waals surface area (Å²) in [5, 5.41) is 9.44. The van der Waals surface area contributed by atoms with Gasteiger partial charge in [-0.3, -0.25) is 0 Å². The van der Waals surface area contributed by atoms with Crippen LogP contribution in [0.1, 0.15) is 36.0 Å². The maximum atomic E-state index is 13.9. The molecule has 0 spiro atoms. The first-order chi connectivity index (χ1) is 14.8. The van der Waals surface area contributed by atoms with Gasteiger partial charge in [0.2, 0.25) is 0 Å². The van der Waals surface area contributed by atoms with Crippen molar-refractivity contribution in [3.63, 3.8) is 0 Å². The highest BCUT2D eigenvalue weighted by molar-refractivity contribution is 5.79. The topological polar surface area (TPSA) is 53.0 Å². The fourth-order valence-corrected chi connectivity index (χ4v) is 5.44. The summed E-state index contributed by atoms with van der Waals surface area (Å²) < 4.78 is 47.0. The molecule has 3 heterocycles. The Hall–Kier alpha value is -2.90. The Morgan fingerprint density at radius 1 is 1.23 bits per heavy atom. The summed E-state index contributed by atoms with van der Waals surface area (Å²) in [4.78, 5) is 15.3. The first kappa shape index (κ1) is 20.0. The van der Waals surface area contributed by atoms with Crippen molar-refractivity contribution in [1.82, 2.24) is 4.90 Å². The monoisotopic (exact) mass is 432 g/mol. The summed E-state index contributed by atoms with van der Waals surface area (Å²) in [5.41, 5.74) is 3.06. The van der Waals surface area contributed by atoms with Gasteiger partial charge in [-0.2, -0.15) is 13.2 Å². The van der Waals surface area contributed by atoms with E-state index in [1.165, 1.54) is 11.0 Å². The number of fused-ring (bicyclic) bond motifs is 3. The Morgan fingerprint density at radius 3 is 2.74 bits per heavy atom. The molecule has 1 amide bonds. The third-order valence-electron chi connectivity index (χ3n) is 6.69. The molecule has 2 aromatic rings. The highest BCUT2D eigenvalue weighted by Crippen LogP contribution is 2.51. The molecule has 0 saturated carbocycles. The van der Waals surface area contributed by atoms with Crippen LogP contribution in [0.25, 0.3) is 11.1 Å². The number of hydrogen-bond acceptors (Lipinski definition) is 3. The molecule has 0 radical (unpaired) electrons. The second-order valence-electron chi connectivity index (χ2n) is 8.35. The normalized spacial score (nSPS) is 21.8. The molecule has 0 aromatic heterocycles. The first-order valence-electron chi connectivity index (χ1n) is 10.5. The Morgan fingerprint density at radius 2 is 2.03 bits per heavy atom. The zero-order valence-corrected chi connectivity index (χ0v) is 17.1. The predicted molar refractivity (Wildman–Crippen MR) is 110 cm³/mol. The molecule has 164 valence electrons. The van der Waals surface area contributed by atoms with Crippen molar-refractivity contribution < 1.29 is 27.8 Å². The lowest BCUT2D eigenvalue weighted by atomic mass is 9.85. The molecule has 5 nitrogen and oxygen atoms in total. The Bertz CT molecular complexity index is 1050. The third-order valence-corrected chi connectivity index (χ3v) is 6.69. The predicted octanol–water partition coefficient (Wildman–Crippen LogP) is 4.98. The number of carboxylic acid groups (broad SMARTS) is 1. The van der Waals surface area contributed by atoms with E-state index < -0.39 is 17.8 Å². The molecule has 8 heteroatoms. The Kier molecular flexibility index (Phi) is 4.57. The molecule has 0 unspecified atom stereocenters. The number of piperidine rings is 1. The second kappa shape index (κ2) is 7.07. The van der Waals surface area contributed by atoms with Gasteiger partial charge in [-0.1, -0.05) is 6.07 Å². The highest BCUT2D eigenvalue weighted by Gasteiger charge is 2.46. The number of likely N-dealkylation sites (tertiary alicyclic amines) is 1. The lowest BCUT2D eigenvalue weighted by Crippen LogP contribution is -2.47. The van der Waals surface area contributed by atoms with E-state index in [1.807, 2.05) is 12.1 Å². The van der Waals surface area contributed by atoms with Gasteiger partial charge in [0.15, 0.2) is 0 Å². The highest BCUT2D eigenvalue weighted by atomic mass is 19.4. The Balaban J connectivity index is 1.62. The summed E-state index contributed by atoms with van der Waals surface area (Å²) in [6.07, 6.45) is -3.93. The fraction of sp³-hybridized carbons (Fsp3) is 0.435. The minimum atomic E-state index is -4.51. The zero-order valence-electron chi connectivity index (χ0n) is 17.1. The van der Waals surface area contributed by atoms with Crippen LogP contribution in [0.5, 0.6) is 5.75 Å². The number of alkyl halides is 3. The van der Waals surface area contributed by atoms with E-state index >= 15 is 0 Å². The largest absolute Gasteiger partial charge is 0.494 e. The molecule has 1 fully saturated rings. The van der Waals surface area contributed by atoms with E-state index in [4.69, 9.17) is 4.74 Å². The number of halogens is 3. The van der Waals surface area contributed by atoms with Gasteiger partial charge in [-0.05, 0) is 66.3 Å². The first-order valence-corrected chi connectivity index (χ1v) is 10.5. The maximum absolute atomic E-state index is 13.9. The average Bonchev–Trinajstić information content (AvgIpc) is 3.29. The number of amides is 1. The van der Waals surface area contributed by atoms with Crippen LogP contribution in [0.2, 0.25) is 0 Å². The van der Waals surface area contributed by atoms with E-state index in [1.54, 1.807) is 13.0 Å². The van der Waals surface area contributed by atoms with Gasteiger partial charge in [0, 0.05) is 37.3 Å². The van der Waals surface area contributed by atoms with Crippen LogP contribution in [0, 0.1) is 0 Å². The van der Waals surface area contributed by atoms with E-state index in [2.05, 4.69) is 4.90 Å². The van der Waals surface area contributed by atoms with Gasteiger partial charge < -0.3 is 19.6 Å². The number of hydrogen-bond donors (Lipinski definition) is 1. The minimum absolute atomic E-state index is 0.0177. The fourth-order valence-electron chi connectivity index (χ4n) is 5.44. The summed E-state index contributed by atoms with van der Waals surface area (Å²) in [5.74, 6) is 0.177. The molecule has 31 heavy (non-hydrogen) atoms. The van der Waals surface area contributed by atoms with Crippen LogP contribution in [-0.4, -0.2) is 48.4 Å². The maximum Gasteiger partial charge on any atom is 0.417 e. The molecule has 0 aliphatic carbocycles. The van der Waals surface area contributed by atoms with Crippen LogP contribution in [-0.2, 0) is 12.6 Å². The van der Waals surface area contributed by atoms with Crippen molar-refractivity contribution in [3.8, 4) is 16.9 Å². The molecule has 3 aliphatic heterocycles. The Labute approximate surface area is 178 Å². The molecule has 0 bridgehead atoms. The quantitative estimate of drug-likeness (QED) is 0.743. The van der Waals surface area contributed by atoms with E-state index in [0.717, 1.165) is 42.3 Å². The number of ether oxygens (including phenoxy) is 1. The van der Waals surface area contributed by atoms with Crippen molar-refractivity contribution in [2.75, 3.05) is 31.1 Å². The summed E-state index contributed by atoms with van der Waals surface area (Å²) in [6, 6.07) is 8.04. The van der Waals surface area contributed by atoms with E-state index in [0.29, 0.717) is 25.3 Å². The van der Waals surface area contributed by atoms with Gasteiger partial charge in [0.1, 0.15) is 5.75 Å². The van der Waals surface area contributed by atoms with Crippen molar-refractivity contribution in [2.24, 2.45) is 0 Å². The number of nitrogens with zero attached hydrogens (tertiary/aromatic N) is 2. The number of rotatable bonds is 3. The van der Waals surface area contributed by atoms with Crippen LogP contribution >= 0.6 is 0 Å². The van der Waals surface area contributed by atoms with Crippen LogP contribution in [0.15, 0.2) is 30.3 Å². The summed E-state index contributed by atoms with van der Waals surface area (Å²) in [7, 11) is 0. The molecule has 1 saturated heterocycles. The molecular weight excluding hydrogens is 409 g/mol. The van der Waals surface area contributed by atoms with Gasteiger partial charge in [-0.15, -0.1) is 0 Å². The van der Waals surface area contributed by atoms with Crippen LogP contribution < -0.4 is 9.64 Å². The van der Waals surface area contributed by atoms with Crippen molar-refractivity contribution >= 4 is 11.8 Å². The SMILES string of the molecule is CCOc1ccc(-c2cc3c4c(c2)[C@@H]2CN(C(=O)O)CC[C@@H]2N4CC3)c(C(F)(F)F)c1. The van der Waals surface area contributed by atoms with Gasteiger partial charge in [-0.25, -0.2) is 4.79 Å². The standard InChI is InChI=1S/C23H23F3N2O3/c1-2-31-15-3-4-16(19(11-15)23(24,25)26)14-9-13-5-8-28-20-6-7-27(22(29)30)12-18(20)17(10-14)21(13)28/h3-4,9-11,18,20H,2,5-8,12H2,1H3,(H,29,30)/t18-,20-/m0/s1. The molecular formula is C23H23F3N2O3. The summed E-state index contributed by atoms with van der Waals surface area (Å²) in [6.45, 7) is 3.71. The van der Waals surface area contributed by atoms with Gasteiger partial charge >= 0.3 is 12.3 Å². The van der Waals surface area contributed by atoms with Crippen LogP contribution in [0.3, 0.4) is 0 Å². The average molecular weight is 432 g/mol. The van der Waals surface area contributed by atoms with Crippen molar-refractivity contribution in [3.05, 3.63) is 47.0 Å². The molecule has 2 atom stereocenters. The zero-order chi connectivity index (χ0) is 21.9.